The molecule has 0 saturated carbocycles. The van der Waals surface area contributed by atoms with Gasteiger partial charge in [0.05, 0.1) is 0 Å². The summed E-state index contributed by atoms with van der Waals surface area (Å²) in [6.45, 7) is 0.917. The van der Waals surface area contributed by atoms with Gasteiger partial charge in [-0.15, -0.1) is 0 Å². The molecule has 0 radical (unpaired) electrons. The molecular weight excluding hydrogens is 265 g/mol. The SMILES string of the molecule is CNC(=S)NCCNC(=O)c1cccc(B(O)O)c1. The van der Waals surface area contributed by atoms with Gasteiger partial charge in [0.2, 0.25) is 0 Å². The van der Waals surface area contributed by atoms with Crippen LogP contribution in [-0.2, 0) is 0 Å². The summed E-state index contributed by atoms with van der Waals surface area (Å²) in [5.74, 6) is -0.278. The van der Waals surface area contributed by atoms with Crippen molar-refractivity contribution in [3.63, 3.8) is 0 Å². The standard InChI is InChI=1S/C11H16BN3O3S/c1-13-11(19)15-6-5-14-10(16)8-3-2-4-9(7-8)12(17)18/h2-4,7,17-18H,5-6H2,1H3,(H,14,16)(H2,13,15,19). The highest BCUT2D eigenvalue weighted by atomic mass is 32.1. The number of nitrogens with one attached hydrogen (secondary N) is 3. The molecule has 5 N–H and O–H groups in total. The molecule has 0 bridgehead atoms. The Morgan fingerprint density at radius 3 is 2.63 bits per heavy atom. The summed E-state index contributed by atoms with van der Waals surface area (Å²) in [6.07, 6.45) is 0. The molecule has 0 fully saturated rings. The lowest BCUT2D eigenvalue weighted by molar-refractivity contribution is 0.0954. The van der Waals surface area contributed by atoms with Crippen LogP contribution in [0.1, 0.15) is 10.4 Å². The van der Waals surface area contributed by atoms with E-state index in [2.05, 4.69) is 16.0 Å². The Morgan fingerprint density at radius 2 is 2.00 bits per heavy atom. The Bertz CT molecular complexity index is 457. The van der Waals surface area contributed by atoms with Crippen LogP contribution in [0.2, 0.25) is 0 Å². The Labute approximate surface area is 117 Å². The van der Waals surface area contributed by atoms with E-state index in [9.17, 15) is 4.79 Å². The monoisotopic (exact) mass is 281 g/mol. The molecule has 1 aromatic carbocycles. The number of amides is 1. The van der Waals surface area contributed by atoms with Crippen molar-refractivity contribution in [1.82, 2.24) is 16.0 Å². The molecule has 1 rings (SSSR count). The molecule has 0 aliphatic carbocycles. The van der Waals surface area contributed by atoms with E-state index in [0.717, 1.165) is 0 Å². The zero-order valence-electron chi connectivity index (χ0n) is 10.5. The number of benzene rings is 1. The van der Waals surface area contributed by atoms with Crippen molar-refractivity contribution in [2.75, 3.05) is 20.1 Å². The molecule has 0 spiro atoms. The van der Waals surface area contributed by atoms with E-state index in [1.54, 1.807) is 19.2 Å². The zero-order chi connectivity index (χ0) is 14.3. The predicted octanol–water partition coefficient (Wildman–Crippen LogP) is -1.81. The van der Waals surface area contributed by atoms with E-state index in [4.69, 9.17) is 22.3 Å². The first kappa shape index (κ1) is 15.4. The molecule has 102 valence electrons. The van der Waals surface area contributed by atoms with Crippen LogP contribution in [0.3, 0.4) is 0 Å². The van der Waals surface area contributed by atoms with Crippen molar-refractivity contribution in [2.45, 2.75) is 0 Å². The van der Waals surface area contributed by atoms with Crippen molar-refractivity contribution in [3.05, 3.63) is 29.8 Å². The molecule has 0 atom stereocenters. The van der Waals surface area contributed by atoms with Gasteiger partial charge in [0, 0.05) is 25.7 Å². The van der Waals surface area contributed by atoms with Gasteiger partial charge < -0.3 is 26.0 Å². The van der Waals surface area contributed by atoms with Crippen LogP contribution in [0.5, 0.6) is 0 Å². The molecule has 0 heterocycles. The third-order valence-electron chi connectivity index (χ3n) is 2.37. The zero-order valence-corrected chi connectivity index (χ0v) is 11.3. The molecule has 0 unspecified atom stereocenters. The van der Waals surface area contributed by atoms with Crippen LogP contribution >= 0.6 is 12.2 Å². The fourth-order valence-corrected chi connectivity index (χ4v) is 1.49. The van der Waals surface area contributed by atoms with E-state index in [1.165, 1.54) is 12.1 Å². The summed E-state index contributed by atoms with van der Waals surface area (Å²) < 4.78 is 0. The average Bonchev–Trinajstić information content (AvgIpc) is 2.43. The Hall–Kier alpha value is -1.64. The van der Waals surface area contributed by atoms with Crippen LogP contribution in [0.15, 0.2) is 24.3 Å². The van der Waals surface area contributed by atoms with Crippen molar-refractivity contribution in [1.29, 1.82) is 0 Å². The fraction of sp³-hybridized carbons (Fsp3) is 0.273. The smallest absolute Gasteiger partial charge is 0.423 e. The normalized spacial score (nSPS) is 9.63. The first-order valence-electron chi connectivity index (χ1n) is 5.74. The number of carbonyl (C=O) groups excluding carboxylic acids is 1. The average molecular weight is 281 g/mol. The van der Waals surface area contributed by atoms with Gasteiger partial charge in [-0.05, 0) is 29.8 Å². The minimum absolute atomic E-state index is 0.278. The lowest BCUT2D eigenvalue weighted by Gasteiger charge is -2.09. The summed E-state index contributed by atoms with van der Waals surface area (Å²) >= 11 is 4.88. The summed E-state index contributed by atoms with van der Waals surface area (Å²) in [6, 6.07) is 6.17. The summed E-state index contributed by atoms with van der Waals surface area (Å²) in [7, 11) is 0.127. The van der Waals surface area contributed by atoms with Gasteiger partial charge in [-0.3, -0.25) is 4.79 Å². The minimum atomic E-state index is -1.58. The largest absolute Gasteiger partial charge is 0.488 e. The van der Waals surface area contributed by atoms with E-state index in [0.29, 0.717) is 23.8 Å². The van der Waals surface area contributed by atoms with Crippen LogP contribution < -0.4 is 21.4 Å². The highest BCUT2D eigenvalue weighted by Crippen LogP contribution is 1.96. The molecular formula is C11H16BN3O3S. The van der Waals surface area contributed by atoms with Crippen molar-refractivity contribution in [3.8, 4) is 0 Å². The maximum absolute atomic E-state index is 11.8. The van der Waals surface area contributed by atoms with Crippen LogP contribution in [0.25, 0.3) is 0 Å². The number of hydrogen-bond acceptors (Lipinski definition) is 4. The summed E-state index contributed by atoms with van der Waals surface area (Å²) in [5, 5.41) is 26.9. The molecule has 0 aliphatic rings. The molecule has 0 aliphatic heterocycles. The predicted molar refractivity (Wildman–Crippen MR) is 78.3 cm³/mol. The first-order chi connectivity index (χ1) is 9.04. The van der Waals surface area contributed by atoms with Gasteiger partial charge in [0.25, 0.3) is 5.91 Å². The molecule has 19 heavy (non-hydrogen) atoms. The maximum atomic E-state index is 11.8. The topological polar surface area (TPSA) is 93.6 Å². The van der Waals surface area contributed by atoms with E-state index >= 15 is 0 Å². The molecule has 8 heteroatoms. The lowest BCUT2D eigenvalue weighted by atomic mass is 9.79. The minimum Gasteiger partial charge on any atom is -0.423 e. The second-order valence-electron chi connectivity index (χ2n) is 3.76. The van der Waals surface area contributed by atoms with Gasteiger partial charge in [-0.25, -0.2) is 0 Å². The molecule has 0 aromatic heterocycles. The van der Waals surface area contributed by atoms with Crippen molar-refractivity contribution < 1.29 is 14.8 Å². The van der Waals surface area contributed by atoms with Gasteiger partial charge in [0.15, 0.2) is 5.11 Å². The third-order valence-corrected chi connectivity index (χ3v) is 2.72. The van der Waals surface area contributed by atoms with Gasteiger partial charge >= 0.3 is 7.12 Å². The fourth-order valence-electron chi connectivity index (χ4n) is 1.38. The second-order valence-corrected chi connectivity index (χ2v) is 4.17. The quantitative estimate of drug-likeness (QED) is 0.248. The van der Waals surface area contributed by atoms with E-state index in [-0.39, 0.29) is 11.4 Å². The Kier molecular flexibility index (Phi) is 6.27. The third kappa shape index (κ3) is 5.25. The number of carbonyl (C=O) groups is 1. The Balaban J connectivity index is 2.45. The van der Waals surface area contributed by atoms with Gasteiger partial charge in [-0.2, -0.15) is 0 Å². The first-order valence-corrected chi connectivity index (χ1v) is 6.15. The number of hydrogen-bond donors (Lipinski definition) is 5. The van der Waals surface area contributed by atoms with Gasteiger partial charge in [0.1, 0.15) is 0 Å². The van der Waals surface area contributed by atoms with Crippen molar-refractivity contribution in [2.24, 2.45) is 0 Å². The Morgan fingerprint density at radius 1 is 1.32 bits per heavy atom. The molecule has 1 aromatic rings. The lowest BCUT2D eigenvalue weighted by Crippen LogP contribution is -2.39. The molecule has 0 saturated heterocycles. The number of thiocarbonyl (C=S) groups is 1. The molecule has 6 nitrogen and oxygen atoms in total. The van der Waals surface area contributed by atoms with E-state index < -0.39 is 7.12 Å². The number of rotatable bonds is 5. The van der Waals surface area contributed by atoms with Crippen molar-refractivity contribution >= 4 is 35.8 Å². The van der Waals surface area contributed by atoms with Crippen LogP contribution in [0.4, 0.5) is 0 Å². The summed E-state index contributed by atoms with van der Waals surface area (Å²) in [5.41, 5.74) is 0.656. The van der Waals surface area contributed by atoms with Gasteiger partial charge in [-0.1, -0.05) is 12.1 Å². The highest BCUT2D eigenvalue weighted by Gasteiger charge is 2.13. The van der Waals surface area contributed by atoms with Crippen LogP contribution in [-0.4, -0.2) is 48.3 Å². The molecule has 1 amide bonds. The van der Waals surface area contributed by atoms with E-state index in [1.807, 2.05) is 0 Å². The second kappa shape index (κ2) is 7.72. The van der Waals surface area contributed by atoms with Crippen LogP contribution in [0, 0.1) is 0 Å². The maximum Gasteiger partial charge on any atom is 0.488 e. The summed E-state index contributed by atoms with van der Waals surface area (Å²) in [4.78, 5) is 11.8. The highest BCUT2D eigenvalue weighted by molar-refractivity contribution is 7.80.